The predicted octanol–water partition coefficient (Wildman–Crippen LogP) is 7.28. The van der Waals surface area contributed by atoms with E-state index in [4.69, 9.17) is 11.5 Å². The van der Waals surface area contributed by atoms with Crippen LogP contribution in [-0.4, -0.2) is 4.98 Å². The highest BCUT2D eigenvalue weighted by molar-refractivity contribution is 5.78. The van der Waals surface area contributed by atoms with Crippen molar-refractivity contribution < 1.29 is 26.3 Å². The van der Waals surface area contributed by atoms with Gasteiger partial charge in [0.2, 0.25) is 0 Å². The number of nitrogens with two attached hydrogens (primary N) is 2. The van der Waals surface area contributed by atoms with E-state index in [0.717, 1.165) is 0 Å². The van der Waals surface area contributed by atoms with Crippen molar-refractivity contribution in [2.75, 3.05) is 11.5 Å². The normalized spacial score (nSPS) is 12.1. The summed E-state index contributed by atoms with van der Waals surface area (Å²) in [5.41, 5.74) is 11.4. The molecule has 0 saturated heterocycles. The summed E-state index contributed by atoms with van der Waals surface area (Å²) < 4.78 is 80.5. The minimum Gasteiger partial charge on any atom is -0.399 e. The van der Waals surface area contributed by atoms with Crippen LogP contribution in [0.4, 0.5) is 37.7 Å². The maximum absolute atomic E-state index is 13.4. The predicted molar refractivity (Wildman–Crippen MR) is 119 cm³/mol. The Hall–Kier alpha value is -4.01. The van der Waals surface area contributed by atoms with Gasteiger partial charge in [-0.05, 0) is 65.7 Å². The van der Waals surface area contributed by atoms with E-state index in [0.29, 0.717) is 46.0 Å². The van der Waals surface area contributed by atoms with Gasteiger partial charge >= 0.3 is 12.4 Å². The van der Waals surface area contributed by atoms with Gasteiger partial charge in [0.25, 0.3) is 0 Å². The van der Waals surface area contributed by atoms with Gasteiger partial charge in [-0.3, -0.25) is 0 Å². The van der Waals surface area contributed by atoms with Crippen molar-refractivity contribution in [3.63, 3.8) is 0 Å². The van der Waals surface area contributed by atoms with Crippen LogP contribution in [-0.2, 0) is 12.4 Å². The number of hydrogen-bond acceptors (Lipinski definition) is 3. The Morgan fingerprint density at radius 3 is 1.29 bits per heavy atom. The van der Waals surface area contributed by atoms with Crippen molar-refractivity contribution in [2.24, 2.45) is 0 Å². The van der Waals surface area contributed by atoms with Crippen molar-refractivity contribution in [3.05, 3.63) is 90.0 Å². The molecule has 4 rings (SSSR count). The van der Waals surface area contributed by atoms with Gasteiger partial charge in [-0.15, -0.1) is 0 Å². The molecular weight excluding hydrogens is 456 g/mol. The molecule has 0 atom stereocenters. The highest BCUT2D eigenvalue weighted by Crippen LogP contribution is 2.40. The van der Waals surface area contributed by atoms with E-state index in [1.807, 2.05) is 0 Å². The average Bonchev–Trinajstić information content (AvgIpc) is 2.77. The van der Waals surface area contributed by atoms with Crippen LogP contribution in [0.1, 0.15) is 11.1 Å². The van der Waals surface area contributed by atoms with E-state index in [1.54, 1.807) is 48.5 Å². The summed E-state index contributed by atoms with van der Waals surface area (Å²) in [6, 6.07) is 17.6. The Bertz CT molecular complexity index is 1260. The lowest BCUT2D eigenvalue weighted by Gasteiger charge is -2.16. The summed E-state index contributed by atoms with van der Waals surface area (Å²) in [6.07, 6.45) is -9.92. The van der Waals surface area contributed by atoms with E-state index < -0.39 is 23.5 Å². The van der Waals surface area contributed by atoms with E-state index in [1.165, 1.54) is 12.1 Å². The van der Waals surface area contributed by atoms with E-state index in [2.05, 4.69) is 4.98 Å². The number of alkyl halides is 6. The molecule has 0 radical (unpaired) electrons. The number of halogens is 6. The summed E-state index contributed by atoms with van der Waals surface area (Å²) in [7, 11) is 0. The molecule has 1 heterocycles. The van der Waals surface area contributed by atoms with Crippen LogP contribution < -0.4 is 11.5 Å². The third-order valence-corrected chi connectivity index (χ3v) is 5.11. The first-order valence-corrected chi connectivity index (χ1v) is 9.94. The number of pyridine rings is 1. The Morgan fingerprint density at radius 2 is 0.912 bits per heavy atom. The second-order valence-electron chi connectivity index (χ2n) is 7.67. The van der Waals surface area contributed by atoms with Gasteiger partial charge < -0.3 is 11.5 Å². The molecule has 0 fully saturated rings. The molecule has 3 aromatic carbocycles. The second kappa shape index (κ2) is 8.40. The molecule has 34 heavy (non-hydrogen) atoms. The van der Waals surface area contributed by atoms with Crippen LogP contribution in [0.3, 0.4) is 0 Å². The zero-order valence-electron chi connectivity index (χ0n) is 17.4. The number of hydrogen-bond donors (Lipinski definition) is 2. The van der Waals surface area contributed by atoms with Crippen molar-refractivity contribution in [3.8, 4) is 33.6 Å². The molecule has 0 aliphatic heterocycles. The van der Waals surface area contributed by atoms with Crippen LogP contribution in [0.2, 0.25) is 0 Å². The third kappa shape index (κ3) is 4.98. The Morgan fingerprint density at radius 1 is 0.500 bits per heavy atom. The number of benzene rings is 3. The standard InChI is InChI=1S/C25H17F6N3/c26-24(27,28)18-7-16(8-19(13-18)25(29,30)31)17-11-22(14-3-1-5-20(32)9-14)34-23(12-17)15-4-2-6-21(33)10-15/h1-13H,32-33H2. The maximum atomic E-state index is 13.4. The van der Waals surface area contributed by atoms with Gasteiger partial charge in [-0.1, -0.05) is 24.3 Å². The first kappa shape index (κ1) is 23.2. The number of aromatic nitrogens is 1. The maximum Gasteiger partial charge on any atom is 0.416 e. The monoisotopic (exact) mass is 473 g/mol. The molecule has 0 amide bonds. The molecule has 0 spiro atoms. The third-order valence-electron chi connectivity index (χ3n) is 5.11. The van der Waals surface area contributed by atoms with Gasteiger partial charge in [0.05, 0.1) is 22.5 Å². The number of nitrogen functional groups attached to an aromatic ring is 2. The average molecular weight is 473 g/mol. The molecule has 4 N–H and O–H groups in total. The van der Waals surface area contributed by atoms with Gasteiger partial charge in [-0.25, -0.2) is 4.98 Å². The fraction of sp³-hybridized carbons (Fsp3) is 0.0800. The smallest absolute Gasteiger partial charge is 0.399 e. The molecule has 0 aliphatic carbocycles. The molecule has 0 bridgehead atoms. The SMILES string of the molecule is Nc1cccc(-c2cc(-c3cc(C(F)(F)F)cc(C(F)(F)F)c3)cc(-c3cccc(N)c3)n2)c1. The Balaban J connectivity index is 1.99. The highest BCUT2D eigenvalue weighted by Gasteiger charge is 2.37. The lowest BCUT2D eigenvalue weighted by Crippen LogP contribution is -2.11. The minimum absolute atomic E-state index is 0.0995. The molecule has 0 saturated carbocycles. The first-order chi connectivity index (χ1) is 15.9. The van der Waals surface area contributed by atoms with Crippen LogP contribution in [0.15, 0.2) is 78.9 Å². The zero-order chi connectivity index (χ0) is 24.7. The van der Waals surface area contributed by atoms with Gasteiger partial charge in [-0.2, -0.15) is 26.3 Å². The largest absolute Gasteiger partial charge is 0.416 e. The Kier molecular flexibility index (Phi) is 5.72. The van der Waals surface area contributed by atoms with Gasteiger partial charge in [0.1, 0.15) is 0 Å². The first-order valence-electron chi connectivity index (χ1n) is 9.94. The summed E-state index contributed by atoms with van der Waals surface area (Å²) >= 11 is 0. The van der Waals surface area contributed by atoms with Crippen LogP contribution in [0, 0.1) is 0 Å². The molecule has 4 aromatic rings. The highest BCUT2D eigenvalue weighted by atomic mass is 19.4. The molecule has 1 aromatic heterocycles. The summed E-state index contributed by atoms with van der Waals surface area (Å²) in [4.78, 5) is 4.57. The van der Waals surface area contributed by atoms with Crippen LogP contribution in [0.5, 0.6) is 0 Å². The van der Waals surface area contributed by atoms with E-state index >= 15 is 0 Å². The number of nitrogens with zero attached hydrogens (tertiary/aromatic N) is 1. The molecule has 174 valence electrons. The Labute approximate surface area is 190 Å². The van der Waals surface area contributed by atoms with Crippen LogP contribution >= 0.6 is 0 Å². The molecule has 3 nitrogen and oxygen atoms in total. The van der Waals surface area contributed by atoms with Crippen LogP contribution in [0.25, 0.3) is 33.6 Å². The summed E-state index contributed by atoms with van der Waals surface area (Å²) in [5, 5.41) is 0. The summed E-state index contributed by atoms with van der Waals surface area (Å²) in [5.74, 6) is 0. The van der Waals surface area contributed by atoms with Gasteiger partial charge in [0, 0.05) is 22.5 Å². The molecule has 0 unspecified atom stereocenters. The van der Waals surface area contributed by atoms with Crippen molar-refractivity contribution in [1.29, 1.82) is 0 Å². The second-order valence-corrected chi connectivity index (χ2v) is 7.67. The number of anilines is 2. The zero-order valence-corrected chi connectivity index (χ0v) is 17.4. The summed E-state index contributed by atoms with van der Waals surface area (Å²) in [6.45, 7) is 0. The lowest BCUT2D eigenvalue weighted by molar-refractivity contribution is -0.143. The van der Waals surface area contributed by atoms with Crippen molar-refractivity contribution >= 4 is 11.4 Å². The van der Waals surface area contributed by atoms with Crippen molar-refractivity contribution in [1.82, 2.24) is 4.98 Å². The topological polar surface area (TPSA) is 64.9 Å². The van der Waals surface area contributed by atoms with E-state index in [9.17, 15) is 26.3 Å². The lowest BCUT2D eigenvalue weighted by atomic mass is 9.96. The fourth-order valence-electron chi connectivity index (χ4n) is 3.51. The molecule has 9 heteroatoms. The fourth-order valence-corrected chi connectivity index (χ4v) is 3.51. The van der Waals surface area contributed by atoms with Gasteiger partial charge in [0.15, 0.2) is 0 Å². The van der Waals surface area contributed by atoms with E-state index in [-0.39, 0.29) is 17.2 Å². The number of rotatable bonds is 3. The van der Waals surface area contributed by atoms with Crippen molar-refractivity contribution in [2.45, 2.75) is 12.4 Å². The molecule has 0 aliphatic rings. The molecular formula is C25H17F6N3. The quantitative estimate of drug-likeness (QED) is 0.243. The minimum atomic E-state index is -4.96.